The predicted molar refractivity (Wildman–Crippen MR) is 146 cm³/mol. The SMILES string of the molecule is CC(=O)O[C@H]1C(O[C@@H]2O[C@H](CO)C(O[C@@H]3O[C@H](CO)[C@@H](O)[C@H](O)[C@H]3N)[C@H](O)[C@H]2NC(=O)c2ccccc2)[C@@H](CO)O[C@@H](O)[C@@H]1N. The molecule has 3 fully saturated rings. The molecule has 18 nitrogen and oxygen atoms in total. The van der Waals surface area contributed by atoms with Crippen molar-refractivity contribution in [2.75, 3.05) is 19.8 Å². The molecule has 3 aliphatic rings. The van der Waals surface area contributed by atoms with Crippen LogP contribution in [-0.4, -0.2) is 159 Å². The molecule has 3 saturated heterocycles. The highest BCUT2D eigenvalue weighted by molar-refractivity contribution is 5.94. The Morgan fingerprint density at radius 3 is 1.93 bits per heavy atom. The van der Waals surface area contributed by atoms with Crippen LogP contribution in [0.1, 0.15) is 17.3 Å². The van der Waals surface area contributed by atoms with Gasteiger partial charge in [-0.1, -0.05) is 18.2 Å². The van der Waals surface area contributed by atoms with Crippen LogP contribution in [0.25, 0.3) is 0 Å². The summed E-state index contributed by atoms with van der Waals surface area (Å²) in [6.45, 7) is -1.16. The standard InChI is InChI=1S/C27H41N3O15/c1-10(34)40-23-16(29)25(39)41-14(9-33)22(23)45-27-17(30-24(38)11-5-3-2-4-6-11)20(37)21(13(8-32)43-27)44-26-15(28)19(36)18(35)12(7-31)42-26/h2-6,12-23,25-27,31-33,35-37,39H,7-9,28-29H2,1H3,(H,30,38)/t12-,13-,14-,15-,16-,17-,18-,19-,20-,21?,22?,23-,25-,26+,27+/m1/s1. The first-order chi connectivity index (χ1) is 21.4. The van der Waals surface area contributed by atoms with Gasteiger partial charge >= 0.3 is 5.97 Å². The van der Waals surface area contributed by atoms with Crippen molar-refractivity contribution < 1.29 is 73.8 Å². The van der Waals surface area contributed by atoms with Crippen LogP contribution in [0.5, 0.6) is 0 Å². The molecule has 4 rings (SSSR count). The summed E-state index contributed by atoms with van der Waals surface area (Å²) in [5.74, 6) is -1.49. The molecule has 2 unspecified atom stereocenters. The molecule has 1 aromatic carbocycles. The summed E-state index contributed by atoms with van der Waals surface area (Å²) in [6, 6.07) is 3.66. The van der Waals surface area contributed by atoms with Gasteiger partial charge in [-0.05, 0) is 12.1 Å². The third-order valence-electron chi connectivity index (χ3n) is 7.89. The number of hydrogen-bond donors (Lipinski definition) is 10. The maximum absolute atomic E-state index is 13.2. The molecule has 3 heterocycles. The quantitative estimate of drug-likeness (QED) is 0.106. The zero-order valence-electron chi connectivity index (χ0n) is 24.2. The van der Waals surface area contributed by atoms with Crippen LogP contribution in [0, 0.1) is 0 Å². The number of ether oxygens (including phenoxy) is 6. The number of esters is 1. The molecule has 0 saturated carbocycles. The molecule has 0 spiro atoms. The molecular formula is C27H41N3O15. The van der Waals surface area contributed by atoms with E-state index in [2.05, 4.69) is 5.32 Å². The van der Waals surface area contributed by atoms with Crippen molar-refractivity contribution in [2.24, 2.45) is 11.5 Å². The first-order valence-electron chi connectivity index (χ1n) is 14.3. The first kappa shape index (κ1) is 35.5. The maximum Gasteiger partial charge on any atom is 0.303 e. The Morgan fingerprint density at radius 1 is 0.756 bits per heavy atom. The Labute approximate surface area is 257 Å². The van der Waals surface area contributed by atoms with Crippen LogP contribution >= 0.6 is 0 Å². The van der Waals surface area contributed by atoms with E-state index in [4.69, 9.17) is 39.9 Å². The van der Waals surface area contributed by atoms with E-state index in [-0.39, 0.29) is 5.56 Å². The van der Waals surface area contributed by atoms with E-state index in [1.807, 2.05) is 0 Å². The lowest BCUT2D eigenvalue weighted by Crippen LogP contribution is -2.70. The number of nitrogens with one attached hydrogen (secondary N) is 1. The molecular weight excluding hydrogens is 606 g/mol. The highest BCUT2D eigenvalue weighted by Gasteiger charge is 2.54. The second kappa shape index (κ2) is 15.5. The van der Waals surface area contributed by atoms with Gasteiger partial charge in [0.2, 0.25) is 0 Å². The predicted octanol–water partition coefficient (Wildman–Crippen LogP) is -5.63. The minimum absolute atomic E-state index is 0.183. The zero-order chi connectivity index (χ0) is 33.0. The molecule has 3 aliphatic heterocycles. The Hall–Kier alpha value is -2.40. The van der Waals surface area contributed by atoms with Gasteiger partial charge in [-0.3, -0.25) is 9.59 Å². The smallest absolute Gasteiger partial charge is 0.303 e. The van der Waals surface area contributed by atoms with Crippen molar-refractivity contribution in [2.45, 2.75) is 98.9 Å². The van der Waals surface area contributed by atoms with E-state index < -0.39 is 124 Å². The van der Waals surface area contributed by atoms with Gasteiger partial charge in [0.05, 0.1) is 31.9 Å². The van der Waals surface area contributed by atoms with E-state index in [1.54, 1.807) is 18.2 Å². The highest BCUT2D eigenvalue weighted by atomic mass is 16.7. The number of hydrogen-bond acceptors (Lipinski definition) is 17. The van der Waals surface area contributed by atoms with Gasteiger partial charge in [-0.25, -0.2) is 0 Å². The van der Waals surface area contributed by atoms with E-state index in [0.717, 1.165) is 6.92 Å². The van der Waals surface area contributed by atoms with Crippen molar-refractivity contribution in [3.05, 3.63) is 35.9 Å². The summed E-state index contributed by atoms with van der Waals surface area (Å²) in [6.07, 6.45) is -18.1. The van der Waals surface area contributed by atoms with Gasteiger partial charge in [-0.2, -0.15) is 0 Å². The van der Waals surface area contributed by atoms with Crippen molar-refractivity contribution in [3.63, 3.8) is 0 Å². The number of amides is 1. The fraction of sp³-hybridized carbons (Fsp3) is 0.704. The highest BCUT2D eigenvalue weighted by Crippen LogP contribution is 2.32. The molecule has 18 heteroatoms. The molecule has 15 atom stereocenters. The largest absolute Gasteiger partial charge is 0.458 e. The second-order valence-corrected chi connectivity index (χ2v) is 11.0. The molecule has 0 radical (unpaired) electrons. The molecule has 12 N–H and O–H groups in total. The molecule has 0 aliphatic carbocycles. The van der Waals surface area contributed by atoms with Gasteiger partial charge in [0.25, 0.3) is 5.91 Å². The Kier molecular flexibility index (Phi) is 12.2. The Balaban J connectivity index is 1.65. The van der Waals surface area contributed by atoms with E-state index >= 15 is 0 Å². The minimum Gasteiger partial charge on any atom is -0.458 e. The lowest BCUT2D eigenvalue weighted by Gasteiger charge is -2.49. The van der Waals surface area contributed by atoms with Crippen LogP contribution in [0.15, 0.2) is 30.3 Å². The van der Waals surface area contributed by atoms with Crippen LogP contribution in [0.2, 0.25) is 0 Å². The summed E-state index contributed by atoms with van der Waals surface area (Å²) in [7, 11) is 0. The minimum atomic E-state index is -1.76. The molecule has 45 heavy (non-hydrogen) atoms. The van der Waals surface area contributed by atoms with Crippen molar-refractivity contribution in [3.8, 4) is 0 Å². The van der Waals surface area contributed by atoms with Gasteiger partial charge in [0.1, 0.15) is 54.9 Å². The number of nitrogens with two attached hydrogens (primary N) is 2. The van der Waals surface area contributed by atoms with Crippen LogP contribution < -0.4 is 16.8 Å². The third kappa shape index (κ3) is 7.77. The number of carbonyl (C=O) groups is 2. The van der Waals surface area contributed by atoms with Crippen molar-refractivity contribution in [1.82, 2.24) is 5.32 Å². The van der Waals surface area contributed by atoms with E-state index in [0.29, 0.717) is 0 Å². The third-order valence-corrected chi connectivity index (χ3v) is 7.89. The fourth-order valence-electron chi connectivity index (χ4n) is 5.45. The van der Waals surface area contributed by atoms with E-state index in [9.17, 15) is 45.3 Å². The van der Waals surface area contributed by atoms with Crippen molar-refractivity contribution in [1.29, 1.82) is 0 Å². The Morgan fingerprint density at radius 2 is 1.33 bits per heavy atom. The van der Waals surface area contributed by atoms with Crippen LogP contribution in [0.3, 0.4) is 0 Å². The number of carbonyl (C=O) groups excluding carboxylic acids is 2. The molecule has 1 amide bonds. The summed E-state index contributed by atoms with van der Waals surface area (Å²) < 4.78 is 34.0. The summed E-state index contributed by atoms with van der Waals surface area (Å²) in [5.41, 5.74) is 12.2. The number of rotatable bonds is 10. The molecule has 0 bridgehead atoms. The first-order valence-corrected chi connectivity index (χ1v) is 14.3. The summed E-state index contributed by atoms with van der Waals surface area (Å²) >= 11 is 0. The zero-order valence-corrected chi connectivity index (χ0v) is 24.2. The van der Waals surface area contributed by atoms with Gasteiger partial charge in [-0.15, -0.1) is 0 Å². The molecule has 1 aromatic rings. The molecule has 254 valence electrons. The monoisotopic (exact) mass is 647 g/mol. The topological polar surface area (TPSA) is 295 Å². The van der Waals surface area contributed by atoms with Gasteiger partial charge in [0.15, 0.2) is 25.0 Å². The fourth-order valence-corrected chi connectivity index (χ4v) is 5.45. The Bertz CT molecular complexity index is 1120. The lowest BCUT2D eigenvalue weighted by molar-refractivity contribution is -0.350. The summed E-state index contributed by atoms with van der Waals surface area (Å²) in [4.78, 5) is 25.1. The molecule has 0 aromatic heterocycles. The van der Waals surface area contributed by atoms with E-state index in [1.165, 1.54) is 12.1 Å². The maximum atomic E-state index is 13.2. The number of benzene rings is 1. The van der Waals surface area contributed by atoms with Crippen LogP contribution in [0.4, 0.5) is 0 Å². The number of aliphatic hydroxyl groups is 7. The average molecular weight is 648 g/mol. The second-order valence-electron chi connectivity index (χ2n) is 11.0. The van der Waals surface area contributed by atoms with Crippen LogP contribution in [-0.2, 0) is 33.2 Å². The normalized spacial score (nSPS) is 42.1. The summed E-state index contributed by atoms with van der Waals surface area (Å²) in [5, 5.41) is 74.8. The number of aliphatic hydroxyl groups excluding tert-OH is 7. The van der Waals surface area contributed by atoms with Gasteiger partial charge in [0, 0.05) is 12.5 Å². The lowest BCUT2D eigenvalue weighted by atomic mass is 9.93. The average Bonchev–Trinajstić information content (AvgIpc) is 3.03. The van der Waals surface area contributed by atoms with Crippen molar-refractivity contribution >= 4 is 11.9 Å². The van der Waals surface area contributed by atoms with Gasteiger partial charge < -0.3 is 81.0 Å².